The molecule has 0 spiro atoms. The zero-order valence-electron chi connectivity index (χ0n) is 11.4. The molecule has 2 atom stereocenters. The Hall–Kier alpha value is -1.84. The maximum atomic E-state index is 12.0. The van der Waals surface area contributed by atoms with Gasteiger partial charge in [-0.3, -0.25) is 4.79 Å². The summed E-state index contributed by atoms with van der Waals surface area (Å²) in [7, 11) is 1.28. The highest BCUT2D eigenvalue weighted by atomic mass is 16.6. The lowest BCUT2D eigenvalue weighted by molar-refractivity contribution is -0.168. The van der Waals surface area contributed by atoms with Crippen LogP contribution in [0.1, 0.15) is 31.9 Å². The molecular weight excluding hydrogens is 244 g/mol. The van der Waals surface area contributed by atoms with Crippen LogP contribution in [0.3, 0.4) is 0 Å². The van der Waals surface area contributed by atoms with Crippen LogP contribution in [0.25, 0.3) is 0 Å². The van der Waals surface area contributed by atoms with Crippen molar-refractivity contribution in [2.45, 2.75) is 26.4 Å². The van der Waals surface area contributed by atoms with Crippen LogP contribution >= 0.6 is 0 Å². The fraction of sp³-hybridized carbons (Fsp3) is 0.467. The Kier molecular flexibility index (Phi) is 3.60. The number of rotatable bonds is 4. The molecule has 1 saturated carbocycles. The molecule has 0 aliphatic heterocycles. The lowest BCUT2D eigenvalue weighted by Gasteiger charge is -2.16. The smallest absolute Gasteiger partial charge is 0.351 e. The third-order valence-corrected chi connectivity index (χ3v) is 3.55. The van der Waals surface area contributed by atoms with Gasteiger partial charge in [0.1, 0.15) is 0 Å². The van der Waals surface area contributed by atoms with Gasteiger partial charge in [0, 0.05) is 5.56 Å². The van der Waals surface area contributed by atoms with Crippen molar-refractivity contribution < 1.29 is 19.1 Å². The molecule has 1 aliphatic carbocycles. The molecule has 0 saturated heterocycles. The lowest BCUT2D eigenvalue weighted by Crippen LogP contribution is -2.22. The highest BCUT2D eigenvalue weighted by molar-refractivity contribution is 5.83. The van der Waals surface area contributed by atoms with Gasteiger partial charge >= 0.3 is 11.9 Å². The Labute approximate surface area is 112 Å². The van der Waals surface area contributed by atoms with Gasteiger partial charge in [0.05, 0.1) is 13.0 Å². The molecule has 0 bridgehead atoms. The summed E-state index contributed by atoms with van der Waals surface area (Å²) in [6.45, 7) is 4.02. The third kappa shape index (κ3) is 2.95. The van der Waals surface area contributed by atoms with Gasteiger partial charge in [-0.2, -0.15) is 0 Å². The Morgan fingerprint density at radius 2 is 1.84 bits per heavy atom. The van der Waals surface area contributed by atoms with Gasteiger partial charge in [0.2, 0.25) is 6.10 Å². The van der Waals surface area contributed by atoms with E-state index in [-0.39, 0.29) is 17.3 Å². The molecule has 0 N–H and O–H groups in total. The number of hydrogen-bond donors (Lipinski definition) is 0. The van der Waals surface area contributed by atoms with Gasteiger partial charge < -0.3 is 9.47 Å². The Balaban J connectivity index is 2.12. The number of carbonyl (C=O) groups excluding carboxylic acids is 2. The van der Waals surface area contributed by atoms with Crippen LogP contribution in [0.5, 0.6) is 0 Å². The highest BCUT2D eigenvalue weighted by Crippen LogP contribution is 2.52. The van der Waals surface area contributed by atoms with E-state index in [1.165, 1.54) is 7.11 Å². The molecular formula is C15H18O4. The summed E-state index contributed by atoms with van der Waals surface area (Å²) >= 11 is 0. The van der Waals surface area contributed by atoms with E-state index < -0.39 is 12.1 Å². The molecule has 0 heterocycles. The summed E-state index contributed by atoms with van der Waals surface area (Å²) in [5, 5.41) is 0. The van der Waals surface area contributed by atoms with Gasteiger partial charge in [-0.05, 0) is 11.8 Å². The average Bonchev–Trinajstić information content (AvgIpc) is 3.05. The van der Waals surface area contributed by atoms with Gasteiger partial charge in [-0.15, -0.1) is 0 Å². The normalized spacial score (nSPS) is 21.3. The van der Waals surface area contributed by atoms with E-state index in [1.54, 1.807) is 24.3 Å². The van der Waals surface area contributed by atoms with Crippen molar-refractivity contribution >= 4 is 11.9 Å². The van der Waals surface area contributed by atoms with Crippen LogP contribution in [0.4, 0.5) is 0 Å². The van der Waals surface area contributed by atoms with Crippen LogP contribution in [0, 0.1) is 11.3 Å². The van der Waals surface area contributed by atoms with E-state index in [4.69, 9.17) is 9.47 Å². The minimum Gasteiger partial charge on any atom is -0.466 e. The number of esters is 2. The van der Waals surface area contributed by atoms with Crippen LogP contribution in [0.2, 0.25) is 0 Å². The number of carbonyl (C=O) groups is 2. The Bertz CT molecular complexity index is 478. The Morgan fingerprint density at radius 1 is 1.26 bits per heavy atom. The zero-order chi connectivity index (χ0) is 14.0. The van der Waals surface area contributed by atoms with Crippen molar-refractivity contribution in [2.24, 2.45) is 11.3 Å². The molecule has 0 amide bonds. The van der Waals surface area contributed by atoms with Crippen molar-refractivity contribution in [2.75, 3.05) is 7.11 Å². The van der Waals surface area contributed by atoms with Gasteiger partial charge in [-0.25, -0.2) is 4.79 Å². The Morgan fingerprint density at radius 3 is 2.32 bits per heavy atom. The third-order valence-electron chi connectivity index (χ3n) is 3.55. The summed E-state index contributed by atoms with van der Waals surface area (Å²) < 4.78 is 10.0. The topological polar surface area (TPSA) is 52.6 Å². The van der Waals surface area contributed by atoms with E-state index in [2.05, 4.69) is 0 Å². The largest absolute Gasteiger partial charge is 0.466 e. The number of hydrogen-bond acceptors (Lipinski definition) is 4. The van der Waals surface area contributed by atoms with Crippen molar-refractivity contribution in [3.05, 3.63) is 35.9 Å². The lowest BCUT2D eigenvalue weighted by atomic mass is 10.1. The molecule has 0 radical (unpaired) electrons. The summed E-state index contributed by atoms with van der Waals surface area (Å²) in [6.07, 6.45) is -0.177. The average molecular weight is 262 g/mol. The second-order valence-corrected chi connectivity index (χ2v) is 5.50. The SMILES string of the molecule is COC(=O)[C@@H](OC(=O)[C@H]1CC1(C)C)c1ccccc1. The molecule has 1 aromatic rings. The van der Waals surface area contributed by atoms with Crippen LogP contribution in [-0.2, 0) is 19.1 Å². The predicted octanol–water partition coefficient (Wildman–Crippen LogP) is 2.49. The molecule has 4 heteroatoms. The zero-order valence-corrected chi connectivity index (χ0v) is 11.4. The predicted molar refractivity (Wildman–Crippen MR) is 69.2 cm³/mol. The second kappa shape index (κ2) is 5.03. The number of methoxy groups -OCH3 is 1. The minimum atomic E-state index is -0.977. The van der Waals surface area contributed by atoms with Crippen molar-refractivity contribution in [1.82, 2.24) is 0 Å². The van der Waals surface area contributed by atoms with Crippen molar-refractivity contribution in [3.63, 3.8) is 0 Å². The maximum absolute atomic E-state index is 12.0. The van der Waals surface area contributed by atoms with Crippen LogP contribution in [-0.4, -0.2) is 19.0 Å². The number of benzene rings is 1. The van der Waals surface area contributed by atoms with Crippen molar-refractivity contribution in [1.29, 1.82) is 0 Å². The fourth-order valence-corrected chi connectivity index (χ4v) is 2.05. The number of ether oxygens (including phenoxy) is 2. The van der Waals surface area contributed by atoms with Gasteiger partial charge in [0.25, 0.3) is 0 Å². The van der Waals surface area contributed by atoms with Crippen LogP contribution in [0.15, 0.2) is 30.3 Å². The first-order valence-corrected chi connectivity index (χ1v) is 6.29. The molecule has 0 aromatic heterocycles. The van der Waals surface area contributed by atoms with Gasteiger partial charge in [0.15, 0.2) is 0 Å². The minimum absolute atomic E-state index is 0.0194. The first kappa shape index (κ1) is 13.6. The summed E-state index contributed by atoms with van der Waals surface area (Å²) in [6, 6.07) is 8.91. The monoisotopic (exact) mass is 262 g/mol. The van der Waals surface area contributed by atoms with E-state index in [1.807, 2.05) is 19.9 Å². The van der Waals surface area contributed by atoms with Crippen molar-refractivity contribution in [3.8, 4) is 0 Å². The summed E-state index contributed by atoms with van der Waals surface area (Å²) in [5.41, 5.74) is 0.607. The summed E-state index contributed by atoms with van der Waals surface area (Å²) in [5.74, 6) is -1.01. The maximum Gasteiger partial charge on any atom is 0.351 e. The van der Waals surface area contributed by atoms with E-state index in [0.717, 1.165) is 6.42 Å². The molecule has 102 valence electrons. The molecule has 1 aromatic carbocycles. The van der Waals surface area contributed by atoms with E-state index in [0.29, 0.717) is 5.56 Å². The first-order chi connectivity index (χ1) is 8.95. The quantitative estimate of drug-likeness (QED) is 0.782. The molecule has 2 rings (SSSR count). The van der Waals surface area contributed by atoms with E-state index in [9.17, 15) is 9.59 Å². The molecule has 19 heavy (non-hydrogen) atoms. The standard InChI is InChI=1S/C15H18O4/c1-15(2)9-11(15)13(16)19-12(14(17)18-3)10-7-5-4-6-8-10/h4-8,11-12H,9H2,1-3H3/t11-,12+/m1/s1. The van der Waals surface area contributed by atoms with Crippen LogP contribution < -0.4 is 0 Å². The summed E-state index contributed by atoms with van der Waals surface area (Å²) in [4.78, 5) is 23.7. The first-order valence-electron chi connectivity index (χ1n) is 6.29. The molecule has 1 aliphatic rings. The molecule has 1 fully saturated rings. The fourth-order valence-electron chi connectivity index (χ4n) is 2.05. The molecule has 4 nitrogen and oxygen atoms in total. The van der Waals surface area contributed by atoms with E-state index >= 15 is 0 Å². The van der Waals surface area contributed by atoms with Gasteiger partial charge in [-0.1, -0.05) is 44.2 Å². The second-order valence-electron chi connectivity index (χ2n) is 5.50. The molecule has 0 unspecified atom stereocenters. The highest BCUT2D eigenvalue weighted by Gasteiger charge is 2.52.